The van der Waals surface area contributed by atoms with Gasteiger partial charge in [-0.05, 0) is 42.7 Å². The Bertz CT molecular complexity index is 1260. The molecular formula is C44H69NO13. The van der Waals surface area contributed by atoms with Gasteiger partial charge in [-0.15, -0.1) is 0 Å². The van der Waals surface area contributed by atoms with Crippen LogP contribution in [0.15, 0.2) is 48.5 Å². The van der Waals surface area contributed by atoms with Gasteiger partial charge >= 0.3 is 0 Å². The Hall–Kier alpha value is -3.02. The molecule has 0 atom stereocenters. The van der Waals surface area contributed by atoms with Crippen LogP contribution in [0.25, 0.3) is 0 Å². The number of carbonyl (C=O) groups excluding carboxylic acids is 2. The molecule has 2 aromatic rings. The lowest BCUT2D eigenvalue weighted by Crippen LogP contribution is -2.33. The molecule has 0 bridgehead atoms. The molecule has 1 aliphatic heterocycles. The van der Waals surface area contributed by atoms with Crippen LogP contribution in [0, 0.1) is 0 Å². The highest BCUT2D eigenvalue weighted by molar-refractivity contribution is 6.21. The number of fused-ring (bicyclic) bond motifs is 1. The van der Waals surface area contributed by atoms with E-state index in [1.807, 2.05) is 12.1 Å². The van der Waals surface area contributed by atoms with Crippen molar-refractivity contribution in [3.8, 4) is 5.75 Å². The highest BCUT2D eigenvalue weighted by Gasteiger charge is 2.34. The van der Waals surface area contributed by atoms with Gasteiger partial charge in [-0.2, -0.15) is 0 Å². The van der Waals surface area contributed by atoms with Gasteiger partial charge in [0.1, 0.15) is 12.4 Å². The molecule has 0 saturated carbocycles. The molecule has 58 heavy (non-hydrogen) atoms. The van der Waals surface area contributed by atoms with Crippen molar-refractivity contribution in [3.05, 3.63) is 65.2 Å². The van der Waals surface area contributed by atoms with Gasteiger partial charge in [0.2, 0.25) is 0 Å². The maximum absolute atomic E-state index is 12.3. The van der Waals surface area contributed by atoms with Crippen molar-refractivity contribution in [1.82, 2.24) is 4.90 Å². The summed E-state index contributed by atoms with van der Waals surface area (Å²) in [6, 6.07) is 15.2. The molecule has 2 amide bonds. The predicted molar refractivity (Wildman–Crippen MR) is 219 cm³/mol. The number of amides is 2. The Morgan fingerprint density at radius 2 is 0.741 bits per heavy atom. The molecular weight excluding hydrogens is 750 g/mol. The fourth-order valence-electron chi connectivity index (χ4n) is 5.76. The molecule has 14 nitrogen and oxygen atoms in total. The van der Waals surface area contributed by atoms with Gasteiger partial charge in [-0.25, -0.2) is 0 Å². The van der Waals surface area contributed by atoms with E-state index in [2.05, 4.69) is 19.1 Å². The van der Waals surface area contributed by atoms with E-state index in [9.17, 15) is 9.59 Å². The topological polar surface area (TPSA) is 139 Å². The summed E-state index contributed by atoms with van der Waals surface area (Å²) >= 11 is 0. The van der Waals surface area contributed by atoms with Crippen molar-refractivity contribution in [2.24, 2.45) is 0 Å². The van der Waals surface area contributed by atoms with E-state index in [1.165, 1.54) is 49.0 Å². The number of hydrogen-bond acceptors (Lipinski definition) is 13. The maximum Gasteiger partial charge on any atom is 0.261 e. The Morgan fingerprint density at radius 1 is 0.397 bits per heavy atom. The van der Waals surface area contributed by atoms with Crippen LogP contribution in [0.1, 0.15) is 71.7 Å². The molecule has 1 heterocycles. The zero-order chi connectivity index (χ0) is 41.0. The smallest absolute Gasteiger partial charge is 0.261 e. The number of ether oxygens (including phenoxy) is 11. The summed E-state index contributed by atoms with van der Waals surface area (Å²) < 4.78 is 60.9. The molecule has 3 rings (SSSR count). The highest BCUT2D eigenvalue weighted by Crippen LogP contribution is 2.22. The summed E-state index contributed by atoms with van der Waals surface area (Å²) in [5.74, 6) is 0.324. The lowest BCUT2D eigenvalue weighted by atomic mass is 10.0. The third-order valence-corrected chi connectivity index (χ3v) is 8.92. The van der Waals surface area contributed by atoms with E-state index >= 15 is 0 Å². The average Bonchev–Trinajstić information content (AvgIpc) is 3.49. The second-order valence-corrected chi connectivity index (χ2v) is 13.4. The van der Waals surface area contributed by atoms with E-state index in [0.717, 1.165) is 12.2 Å². The van der Waals surface area contributed by atoms with E-state index in [1.54, 1.807) is 24.3 Å². The average molecular weight is 820 g/mol. The molecule has 0 spiro atoms. The number of aryl methyl sites for hydroxylation is 1. The second kappa shape index (κ2) is 34.8. The van der Waals surface area contributed by atoms with Gasteiger partial charge in [0.25, 0.3) is 11.8 Å². The van der Waals surface area contributed by atoms with Crippen LogP contribution < -0.4 is 4.74 Å². The van der Waals surface area contributed by atoms with Crippen LogP contribution in [0.4, 0.5) is 0 Å². The largest absolute Gasteiger partial charge is 0.491 e. The predicted octanol–water partition coefficient (Wildman–Crippen LogP) is 5.43. The Morgan fingerprint density at radius 3 is 1.14 bits per heavy atom. The number of nitrogens with zero attached hydrogens (tertiary/aromatic N) is 1. The number of imide groups is 1. The summed E-state index contributed by atoms with van der Waals surface area (Å²) in [5.41, 5.74) is 2.26. The molecule has 1 aliphatic rings. The first-order valence-electron chi connectivity index (χ1n) is 21.1. The van der Waals surface area contributed by atoms with E-state index in [0.29, 0.717) is 143 Å². The number of benzene rings is 2. The molecule has 14 heteroatoms. The minimum absolute atomic E-state index is 0.214. The minimum atomic E-state index is -0.277. The Kier molecular flexibility index (Phi) is 29.6. The number of hydrogen-bond donors (Lipinski definition) is 0. The minimum Gasteiger partial charge on any atom is -0.491 e. The molecule has 0 aliphatic carbocycles. The van der Waals surface area contributed by atoms with Crippen LogP contribution >= 0.6 is 0 Å². The first kappa shape index (κ1) is 49.3. The van der Waals surface area contributed by atoms with Gasteiger partial charge in [-0.3, -0.25) is 14.5 Å². The first-order chi connectivity index (χ1) is 28.7. The molecule has 0 fully saturated rings. The van der Waals surface area contributed by atoms with Gasteiger partial charge in [0, 0.05) is 0 Å². The lowest BCUT2D eigenvalue weighted by molar-refractivity contribution is -0.0268. The summed E-state index contributed by atoms with van der Waals surface area (Å²) in [5, 5.41) is 0. The van der Waals surface area contributed by atoms with E-state index in [-0.39, 0.29) is 25.0 Å². The quantitative estimate of drug-likeness (QED) is 0.0623. The van der Waals surface area contributed by atoms with Gasteiger partial charge < -0.3 is 52.1 Å². The van der Waals surface area contributed by atoms with Crippen LogP contribution in [-0.4, -0.2) is 162 Å². The van der Waals surface area contributed by atoms with Crippen molar-refractivity contribution in [2.75, 3.05) is 145 Å². The molecule has 2 aromatic carbocycles. The molecule has 0 unspecified atom stereocenters. The van der Waals surface area contributed by atoms with Crippen molar-refractivity contribution >= 4 is 11.8 Å². The molecule has 0 radical (unpaired) electrons. The van der Waals surface area contributed by atoms with Crippen LogP contribution in [0.3, 0.4) is 0 Å². The van der Waals surface area contributed by atoms with Gasteiger partial charge in [-0.1, -0.05) is 63.3 Å². The number of carbonyl (C=O) groups is 2. The Labute approximate surface area is 345 Å². The van der Waals surface area contributed by atoms with Crippen LogP contribution in [0.5, 0.6) is 5.75 Å². The fraction of sp³-hybridized carbons (Fsp3) is 0.682. The number of rotatable bonds is 41. The SMILES string of the molecule is CCCCCCCCc1ccc(OCCOCCOCCOCCOCCOCCOCCOCCOCCOCCOCCN2C(=O)c3ccccc3C2=O)cc1. The lowest BCUT2D eigenvalue weighted by Gasteiger charge is -2.13. The summed E-state index contributed by atoms with van der Waals surface area (Å²) in [4.78, 5) is 25.9. The molecule has 328 valence electrons. The monoisotopic (exact) mass is 819 g/mol. The highest BCUT2D eigenvalue weighted by atomic mass is 16.6. The normalized spacial score (nSPS) is 12.5. The van der Waals surface area contributed by atoms with Crippen LogP contribution in [-0.2, 0) is 53.8 Å². The van der Waals surface area contributed by atoms with Crippen molar-refractivity contribution in [1.29, 1.82) is 0 Å². The van der Waals surface area contributed by atoms with Gasteiger partial charge in [0.05, 0.1) is 150 Å². The van der Waals surface area contributed by atoms with Crippen molar-refractivity contribution < 1.29 is 61.7 Å². The molecule has 0 N–H and O–H groups in total. The van der Waals surface area contributed by atoms with Crippen molar-refractivity contribution in [3.63, 3.8) is 0 Å². The zero-order valence-corrected chi connectivity index (χ0v) is 34.9. The second-order valence-electron chi connectivity index (χ2n) is 13.4. The first-order valence-corrected chi connectivity index (χ1v) is 21.1. The zero-order valence-electron chi connectivity index (χ0n) is 34.9. The van der Waals surface area contributed by atoms with E-state index < -0.39 is 0 Å². The third kappa shape index (κ3) is 23.5. The maximum atomic E-state index is 12.3. The standard InChI is InChI=1S/C44H69NO13/c1-2-3-4-5-6-7-10-39-13-15-40(16-14-39)58-38-37-57-36-35-56-34-33-55-32-31-54-30-29-53-28-27-52-26-25-51-24-23-50-22-21-49-20-19-48-18-17-45-43(46)41-11-8-9-12-42(41)44(45)47/h8-9,11-16H,2-7,10,17-38H2,1H3. The summed E-state index contributed by atoms with van der Waals surface area (Å²) in [7, 11) is 0. The van der Waals surface area contributed by atoms with Gasteiger partial charge in [0.15, 0.2) is 0 Å². The fourth-order valence-corrected chi connectivity index (χ4v) is 5.76. The van der Waals surface area contributed by atoms with Crippen molar-refractivity contribution in [2.45, 2.75) is 51.9 Å². The van der Waals surface area contributed by atoms with Crippen LogP contribution in [0.2, 0.25) is 0 Å². The van der Waals surface area contributed by atoms with E-state index in [4.69, 9.17) is 52.1 Å². The summed E-state index contributed by atoms with van der Waals surface area (Å²) in [6.45, 7) is 12.3. The number of unbranched alkanes of at least 4 members (excludes halogenated alkanes) is 5. The molecule has 0 aromatic heterocycles. The Balaban J connectivity index is 0.921. The summed E-state index contributed by atoms with van der Waals surface area (Å²) in [6.07, 6.45) is 9.05. The molecule has 0 saturated heterocycles. The third-order valence-electron chi connectivity index (χ3n) is 8.92.